The third-order valence-electron chi connectivity index (χ3n) is 3.07. The fourth-order valence-corrected chi connectivity index (χ4v) is 2.16. The van der Waals surface area contributed by atoms with E-state index in [9.17, 15) is 4.79 Å². The number of rotatable bonds is 9. The molecule has 25 heavy (non-hydrogen) atoms. The molecule has 0 fully saturated rings. The lowest BCUT2D eigenvalue weighted by atomic mass is 10.3. The van der Waals surface area contributed by atoms with Crippen molar-refractivity contribution >= 4 is 29.1 Å². The third-order valence-corrected chi connectivity index (χ3v) is 3.88. The average Bonchev–Trinajstić information content (AvgIpc) is 2.62. The Balaban J connectivity index is 1.84. The summed E-state index contributed by atoms with van der Waals surface area (Å²) in [6.07, 6.45) is 0. The van der Waals surface area contributed by atoms with Gasteiger partial charge in [-0.15, -0.1) is 10.2 Å². The van der Waals surface area contributed by atoms with Crippen LogP contribution < -0.4 is 15.4 Å². The molecule has 0 unspecified atom stereocenters. The predicted molar refractivity (Wildman–Crippen MR) is 95.6 cm³/mol. The van der Waals surface area contributed by atoms with Gasteiger partial charge in [0.2, 0.25) is 5.88 Å². The first kappa shape index (κ1) is 19.4. The lowest BCUT2D eigenvalue weighted by Gasteiger charge is -2.08. The number of methoxy groups -OCH3 is 1. The Morgan fingerprint density at radius 3 is 2.68 bits per heavy atom. The van der Waals surface area contributed by atoms with Crippen LogP contribution in [0.15, 0.2) is 30.3 Å². The van der Waals surface area contributed by atoms with Crippen LogP contribution in [0.3, 0.4) is 0 Å². The van der Waals surface area contributed by atoms with E-state index in [2.05, 4.69) is 20.8 Å². The summed E-state index contributed by atoms with van der Waals surface area (Å²) in [5, 5.41) is 14.2. The first-order valence-electron chi connectivity index (χ1n) is 7.55. The van der Waals surface area contributed by atoms with Crippen LogP contribution in [0, 0.1) is 0 Å². The first-order chi connectivity index (χ1) is 12.1. The molecule has 7 nitrogen and oxygen atoms in total. The highest BCUT2D eigenvalue weighted by molar-refractivity contribution is 6.42. The van der Waals surface area contributed by atoms with Crippen molar-refractivity contribution in [3.8, 4) is 11.6 Å². The Morgan fingerprint density at radius 2 is 1.96 bits per heavy atom. The SMILES string of the molecule is COCCNCCNC(=O)c1ccc(Oc2cccc(Cl)c2Cl)nn1. The molecule has 134 valence electrons. The first-order valence-corrected chi connectivity index (χ1v) is 8.31. The Bertz CT molecular complexity index is 698. The minimum atomic E-state index is -0.312. The molecule has 0 aliphatic heterocycles. The number of hydrogen-bond acceptors (Lipinski definition) is 6. The van der Waals surface area contributed by atoms with Crippen LogP contribution in [0.1, 0.15) is 10.5 Å². The van der Waals surface area contributed by atoms with Crippen molar-refractivity contribution in [2.75, 3.05) is 33.4 Å². The maximum Gasteiger partial charge on any atom is 0.271 e. The van der Waals surface area contributed by atoms with Gasteiger partial charge in [-0.05, 0) is 18.2 Å². The Hall–Kier alpha value is -1.93. The van der Waals surface area contributed by atoms with Crippen LogP contribution in [-0.2, 0) is 4.74 Å². The minimum absolute atomic E-state index is 0.196. The summed E-state index contributed by atoms with van der Waals surface area (Å²) >= 11 is 12.0. The maximum absolute atomic E-state index is 12.0. The van der Waals surface area contributed by atoms with E-state index in [1.165, 1.54) is 12.1 Å². The van der Waals surface area contributed by atoms with Gasteiger partial charge < -0.3 is 20.1 Å². The highest BCUT2D eigenvalue weighted by atomic mass is 35.5. The van der Waals surface area contributed by atoms with Gasteiger partial charge in [0.05, 0.1) is 11.6 Å². The van der Waals surface area contributed by atoms with Crippen LogP contribution in [0.4, 0.5) is 0 Å². The zero-order valence-corrected chi connectivity index (χ0v) is 15.1. The van der Waals surface area contributed by atoms with Crippen LogP contribution in [0.25, 0.3) is 0 Å². The van der Waals surface area contributed by atoms with Crippen molar-refractivity contribution in [2.45, 2.75) is 0 Å². The van der Waals surface area contributed by atoms with Gasteiger partial charge in [-0.25, -0.2) is 0 Å². The van der Waals surface area contributed by atoms with E-state index in [1.54, 1.807) is 25.3 Å². The van der Waals surface area contributed by atoms with E-state index < -0.39 is 0 Å². The fourth-order valence-electron chi connectivity index (χ4n) is 1.83. The fraction of sp³-hybridized carbons (Fsp3) is 0.312. The number of amides is 1. The summed E-state index contributed by atoms with van der Waals surface area (Å²) in [4.78, 5) is 12.0. The zero-order valence-electron chi connectivity index (χ0n) is 13.6. The largest absolute Gasteiger partial charge is 0.436 e. The van der Waals surface area contributed by atoms with Crippen molar-refractivity contribution in [3.63, 3.8) is 0 Å². The van der Waals surface area contributed by atoms with Gasteiger partial charge in [-0.3, -0.25) is 4.79 Å². The topological polar surface area (TPSA) is 85.4 Å². The molecule has 0 spiro atoms. The number of ether oxygens (including phenoxy) is 2. The smallest absolute Gasteiger partial charge is 0.271 e. The highest BCUT2D eigenvalue weighted by Crippen LogP contribution is 2.33. The highest BCUT2D eigenvalue weighted by Gasteiger charge is 2.10. The van der Waals surface area contributed by atoms with Gasteiger partial charge >= 0.3 is 0 Å². The molecule has 1 heterocycles. The lowest BCUT2D eigenvalue weighted by Crippen LogP contribution is -2.33. The molecule has 0 bridgehead atoms. The second-order valence-electron chi connectivity index (χ2n) is 4.91. The van der Waals surface area contributed by atoms with E-state index in [0.717, 1.165) is 6.54 Å². The molecule has 0 radical (unpaired) electrons. The molecule has 0 saturated carbocycles. The third kappa shape index (κ3) is 6.13. The average molecular weight is 385 g/mol. The predicted octanol–water partition coefficient (Wildman–Crippen LogP) is 2.54. The molecule has 0 aliphatic rings. The van der Waals surface area contributed by atoms with Crippen molar-refractivity contribution < 1.29 is 14.3 Å². The molecule has 9 heteroatoms. The van der Waals surface area contributed by atoms with E-state index in [0.29, 0.717) is 30.5 Å². The minimum Gasteiger partial charge on any atom is -0.436 e. The second-order valence-corrected chi connectivity index (χ2v) is 5.69. The van der Waals surface area contributed by atoms with Gasteiger partial charge in [-0.2, -0.15) is 0 Å². The normalized spacial score (nSPS) is 10.5. The number of carbonyl (C=O) groups is 1. The number of halogens is 2. The number of aromatic nitrogens is 2. The van der Waals surface area contributed by atoms with E-state index in [-0.39, 0.29) is 22.5 Å². The molecule has 0 atom stereocenters. The van der Waals surface area contributed by atoms with Gasteiger partial charge in [0.15, 0.2) is 5.69 Å². The van der Waals surface area contributed by atoms with Crippen LogP contribution in [0.5, 0.6) is 11.6 Å². The Kier molecular flexibility index (Phi) is 7.87. The molecule has 1 aromatic carbocycles. The molecular formula is C16H18Cl2N4O3. The lowest BCUT2D eigenvalue weighted by molar-refractivity contribution is 0.0947. The summed E-state index contributed by atoms with van der Waals surface area (Å²) in [6, 6.07) is 8.08. The standard InChI is InChI=1S/C16H18Cl2N4O3/c1-24-10-9-19-7-8-20-16(23)12-5-6-14(22-21-12)25-13-4-2-3-11(17)15(13)18/h2-6,19H,7-10H2,1H3,(H,20,23). The molecule has 2 N–H and O–H groups in total. The zero-order chi connectivity index (χ0) is 18.1. The number of carbonyl (C=O) groups excluding carboxylic acids is 1. The van der Waals surface area contributed by atoms with Gasteiger partial charge in [0, 0.05) is 32.8 Å². The van der Waals surface area contributed by atoms with Gasteiger partial charge in [0.1, 0.15) is 10.8 Å². The number of nitrogens with one attached hydrogen (secondary N) is 2. The molecule has 0 saturated heterocycles. The summed E-state index contributed by atoms with van der Waals surface area (Å²) in [5.41, 5.74) is 0.196. The van der Waals surface area contributed by atoms with Crippen molar-refractivity contribution in [1.29, 1.82) is 0 Å². The Labute approximate surface area is 155 Å². The monoisotopic (exact) mass is 384 g/mol. The molecular weight excluding hydrogens is 367 g/mol. The van der Waals surface area contributed by atoms with Crippen molar-refractivity contribution in [1.82, 2.24) is 20.8 Å². The molecule has 1 aromatic heterocycles. The van der Waals surface area contributed by atoms with E-state index >= 15 is 0 Å². The van der Waals surface area contributed by atoms with E-state index in [4.69, 9.17) is 32.7 Å². The Morgan fingerprint density at radius 1 is 1.12 bits per heavy atom. The van der Waals surface area contributed by atoms with Crippen molar-refractivity contribution in [2.24, 2.45) is 0 Å². The number of hydrogen-bond donors (Lipinski definition) is 2. The molecule has 2 rings (SSSR count). The van der Waals surface area contributed by atoms with Gasteiger partial charge in [0.25, 0.3) is 5.91 Å². The molecule has 0 aliphatic carbocycles. The summed E-state index contributed by atoms with van der Waals surface area (Å²) < 4.78 is 10.4. The van der Waals surface area contributed by atoms with Crippen LogP contribution >= 0.6 is 23.2 Å². The number of nitrogens with zero attached hydrogens (tertiary/aromatic N) is 2. The van der Waals surface area contributed by atoms with Crippen LogP contribution in [-0.4, -0.2) is 49.5 Å². The molecule has 2 aromatic rings. The summed E-state index contributed by atoms with van der Waals surface area (Å²) in [6.45, 7) is 2.46. The van der Waals surface area contributed by atoms with Gasteiger partial charge in [-0.1, -0.05) is 29.3 Å². The summed E-state index contributed by atoms with van der Waals surface area (Å²) in [5.74, 6) is 0.262. The van der Waals surface area contributed by atoms with Crippen molar-refractivity contribution in [3.05, 3.63) is 46.1 Å². The van der Waals surface area contributed by atoms with Crippen LogP contribution in [0.2, 0.25) is 10.0 Å². The molecule has 1 amide bonds. The van der Waals surface area contributed by atoms with E-state index in [1.807, 2.05) is 0 Å². The summed E-state index contributed by atoms with van der Waals surface area (Å²) in [7, 11) is 1.63. The quantitative estimate of drug-likeness (QED) is 0.646. The second kappa shape index (κ2) is 10.1. The number of benzene rings is 1. The maximum atomic E-state index is 12.0.